The van der Waals surface area contributed by atoms with Crippen molar-refractivity contribution in [3.05, 3.63) is 29.3 Å². The van der Waals surface area contributed by atoms with E-state index in [9.17, 15) is 9.59 Å². The summed E-state index contributed by atoms with van der Waals surface area (Å²) in [6, 6.07) is 5.23. The summed E-state index contributed by atoms with van der Waals surface area (Å²) in [4.78, 5) is 22.8. The number of methoxy groups -OCH3 is 2. The molecule has 1 aromatic rings. The first kappa shape index (κ1) is 12.2. The van der Waals surface area contributed by atoms with Gasteiger partial charge in [-0.25, -0.2) is 0 Å². The Hall–Kier alpha value is -1.84. The third-order valence-corrected chi connectivity index (χ3v) is 2.25. The summed E-state index contributed by atoms with van der Waals surface area (Å²) in [7, 11) is 2.75. The molecule has 0 amide bonds. The lowest BCUT2D eigenvalue weighted by Gasteiger charge is -2.09. The lowest BCUT2D eigenvalue weighted by molar-refractivity contribution is -0.139. The highest BCUT2D eigenvalue weighted by Crippen LogP contribution is 2.24. The predicted octanol–water partition coefficient (Wildman–Crippen LogP) is 1.75. The summed E-state index contributed by atoms with van der Waals surface area (Å²) < 4.78 is 9.59. The Morgan fingerprint density at radius 3 is 2.50 bits per heavy atom. The van der Waals surface area contributed by atoms with E-state index in [0.717, 1.165) is 5.56 Å². The van der Waals surface area contributed by atoms with Crippen LogP contribution >= 0.6 is 0 Å². The summed E-state index contributed by atoms with van der Waals surface area (Å²) in [5.41, 5.74) is 1.27. The Morgan fingerprint density at radius 1 is 1.25 bits per heavy atom. The zero-order chi connectivity index (χ0) is 12.1. The van der Waals surface area contributed by atoms with E-state index in [-0.39, 0.29) is 12.2 Å². The first-order valence-corrected chi connectivity index (χ1v) is 4.83. The van der Waals surface area contributed by atoms with E-state index < -0.39 is 5.97 Å². The molecule has 0 bridgehead atoms. The molecule has 0 fully saturated rings. The summed E-state index contributed by atoms with van der Waals surface area (Å²) in [6.07, 6.45) is -0.268. The maximum atomic E-state index is 11.8. The number of hydrogen-bond acceptors (Lipinski definition) is 4. The Bertz CT molecular complexity index is 409. The zero-order valence-corrected chi connectivity index (χ0v) is 9.57. The van der Waals surface area contributed by atoms with E-state index in [1.54, 1.807) is 12.1 Å². The molecule has 1 rings (SSSR count). The second-order valence-electron chi connectivity index (χ2n) is 3.33. The number of ketones is 1. The fourth-order valence-electron chi connectivity index (χ4n) is 1.44. The summed E-state index contributed by atoms with van der Waals surface area (Å²) in [6.45, 7) is 1.84. The molecule has 4 nitrogen and oxygen atoms in total. The van der Waals surface area contributed by atoms with Crippen LogP contribution < -0.4 is 4.74 Å². The van der Waals surface area contributed by atoms with Gasteiger partial charge >= 0.3 is 5.97 Å². The molecule has 0 saturated heterocycles. The minimum absolute atomic E-state index is 0.268. The lowest BCUT2D eigenvalue weighted by atomic mass is 10.0. The van der Waals surface area contributed by atoms with E-state index in [4.69, 9.17) is 4.74 Å². The molecule has 0 radical (unpaired) electrons. The van der Waals surface area contributed by atoms with Crippen molar-refractivity contribution in [3.63, 3.8) is 0 Å². The molecule has 0 aliphatic heterocycles. The van der Waals surface area contributed by atoms with Crippen LogP contribution in [0.15, 0.2) is 18.2 Å². The number of para-hydroxylation sites is 1. The minimum atomic E-state index is -0.548. The van der Waals surface area contributed by atoms with Gasteiger partial charge in [0.25, 0.3) is 0 Å². The Morgan fingerprint density at radius 2 is 1.94 bits per heavy atom. The number of carbonyl (C=O) groups is 2. The highest BCUT2D eigenvalue weighted by molar-refractivity contribution is 6.07. The number of ether oxygens (including phenoxy) is 2. The molecule has 0 aromatic heterocycles. The first-order chi connectivity index (χ1) is 7.60. The molecule has 0 saturated carbocycles. The molecule has 0 spiro atoms. The number of hydrogen-bond donors (Lipinski definition) is 0. The molecule has 0 aliphatic carbocycles. The standard InChI is InChI=1S/C12H14O4/c1-8-5-4-6-9(12(8)16-3)10(13)7-11(14)15-2/h4-6H,7H2,1-3H3. The van der Waals surface area contributed by atoms with Gasteiger partial charge in [-0.2, -0.15) is 0 Å². The van der Waals surface area contributed by atoms with Crippen molar-refractivity contribution in [1.82, 2.24) is 0 Å². The third kappa shape index (κ3) is 2.59. The molecule has 0 atom stereocenters. The van der Waals surface area contributed by atoms with Crippen LogP contribution in [0.4, 0.5) is 0 Å². The first-order valence-electron chi connectivity index (χ1n) is 4.83. The highest BCUT2D eigenvalue weighted by atomic mass is 16.5. The van der Waals surface area contributed by atoms with Gasteiger partial charge in [-0.15, -0.1) is 0 Å². The van der Waals surface area contributed by atoms with Crippen LogP contribution in [0.5, 0.6) is 5.75 Å². The van der Waals surface area contributed by atoms with E-state index >= 15 is 0 Å². The molecule has 0 unspecified atom stereocenters. The fraction of sp³-hybridized carbons (Fsp3) is 0.333. The number of Topliss-reactive ketones (excluding diaryl/α,β-unsaturated/α-hetero) is 1. The summed E-state index contributed by atoms with van der Waals surface area (Å²) in [5.74, 6) is -0.336. The molecular formula is C12H14O4. The van der Waals surface area contributed by atoms with Crippen LogP contribution in [0.25, 0.3) is 0 Å². The Kier molecular flexibility index (Phi) is 4.05. The number of rotatable bonds is 4. The molecule has 0 N–H and O–H groups in total. The van der Waals surface area contributed by atoms with Gasteiger partial charge in [-0.1, -0.05) is 12.1 Å². The lowest BCUT2D eigenvalue weighted by Crippen LogP contribution is -2.11. The second-order valence-corrected chi connectivity index (χ2v) is 3.33. The van der Waals surface area contributed by atoms with Crippen LogP contribution in [-0.2, 0) is 9.53 Å². The molecule has 0 aliphatic rings. The molecule has 1 aromatic carbocycles. The van der Waals surface area contributed by atoms with E-state index in [1.807, 2.05) is 13.0 Å². The molecule has 86 valence electrons. The zero-order valence-electron chi connectivity index (χ0n) is 9.57. The predicted molar refractivity (Wildman–Crippen MR) is 58.7 cm³/mol. The quantitative estimate of drug-likeness (QED) is 0.442. The van der Waals surface area contributed by atoms with Crippen molar-refractivity contribution in [3.8, 4) is 5.75 Å². The number of esters is 1. The monoisotopic (exact) mass is 222 g/mol. The van der Waals surface area contributed by atoms with E-state index in [2.05, 4.69) is 4.74 Å². The highest BCUT2D eigenvalue weighted by Gasteiger charge is 2.17. The van der Waals surface area contributed by atoms with Crippen molar-refractivity contribution in [1.29, 1.82) is 0 Å². The van der Waals surface area contributed by atoms with Gasteiger partial charge in [0, 0.05) is 0 Å². The van der Waals surface area contributed by atoms with E-state index in [1.165, 1.54) is 14.2 Å². The molecule has 16 heavy (non-hydrogen) atoms. The van der Waals surface area contributed by atoms with Crippen LogP contribution in [0.1, 0.15) is 22.3 Å². The maximum absolute atomic E-state index is 11.8. The van der Waals surface area contributed by atoms with Crippen LogP contribution in [0.3, 0.4) is 0 Å². The largest absolute Gasteiger partial charge is 0.496 e. The second kappa shape index (κ2) is 5.30. The molecule has 0 heterocycles. The Labute approximate surface area is 94.2 Å². The SMILES string of the molecule is COC(=O)CC(=O)c1cccc(C)c1OC. The van der Waals surface area contributed by atoms with Gasteiger partial charge < -0.3 is 9.47 Å². The summed E-state index contributed by atoms with van der Waals surface area (Å²) >= 11 is 0. The van der Waals surface area contributed by atoms with Gasteiger partial charge in [0.1, 0.15) is 12.2 Å². The van der Waals surface area contributed by atoms with E-state index in [0.29, 0.717) is 11.3 Å². The number of aryl methyl sites for hydroxylation is 1. The van der Waals surface area contributed by atoms with Crippen molar-refractivity contribution in [2.75, 3.05) is 14.2 Å². The molecule has 4 heteroatoms. The average molecular weight is 222 g/mol. The van der Waals surface area contributed by atoms with Crippen molar-refractivity contribution < 1.29 is 19.1 Å². The van der Waals surface area contributed by atoms with Crippen LogP contribution in [0.2, 0.25) is 0 Å². The number of carbonyl (C=O) groups excluding carboxylic acids is 2. The van der Waals surface area contributed by atoms with Gasteiger partial charge in [0.05, 0.1) is 19.8 Å². The Balaban J connectivity index is 2.99. The minimum Gasteiger partial charge on any atom is -0.496 e. The van der Waals surface area contributed by atoms with Crippen molar-refractivity contribution in [2.45, 2.75) is 13.3 Å². The average Bonchev–Trinajstić information content (AvgIpc) is 2.28. The maximum Gasteiger partial charge on any atom is 0.313 e. The van der Waals surface area contributed by atoms with Gasteiger partial charge in [-0.3, -0.25) is 9.59 Å². The van der Waals surface area contributed by atoms with Gasteiger partial charge in [0.2, 0.25) is 0 Å². The van der Waals surface area contributed by atoms with Gasteiger partial charge in [0.15, 0.2) is 5.78 Å². The van der Waals surface area contributed by atoms with Crippen molar-refractivity contribution in [2.24, 2.45) is 0 Å². The fourth-order valence-corrected chi connectivity index (χ4v) is 1.44. The third-order valence-electron chi connectivity index (χ3n) is 2.25. The smallest absolute Gasteiger partial charge is 0.313 e. The molecular weight excluding hydrogens is 208 g/mol. The number of benzene rings is 1. The van der Waals surface area contributed by atoms with Crippen molar-refractivity contribution >= 4 is 11.8 Å². The van der Waals surface area contributed by atoms with Crippen LogP contribution in [0, 0.1) is 6.92 Å². The normalized spacial score (nSPS) is 9.69. The topological polar surface area (TPSA) is 52.6 Å². The summed E-state index contributed by atoms with van der Waals surface area (Å²) in [5, 5.41) is 0. The van der Waals surface area contributed by atoms with Crippen LogP contribution in [-0.4, -0.2) is 26.0 Å². The van der Waals surface area contributed by atoms with Gasteiger partial charge in [-0.05, 0) is 18.6 Å².